The lowest BCUT2D eigenvalue weighted by molar-refractivity contribution is 0.483. The molecule has 0 radical (unpaired) electrons. The number of halogens is 2. The highest BCUT2D eigenvalue weighted by molar-refractivity contribution is 6.30. The molecule has 1 saturated heterocycles. The fraction of sp³-hybridized carbons (Fsp3) is 0.286. The molecule has 1 aliphatic rings. The second-order valence-electron chi connectivity index (χ2n) is 7.13. The van der Waals surface area contributed by atoms with Gasteiger partial charge in [-0.25, -0.2) is 4.98 Å². The molecule has 2 aromatic heterocycles. The van der Waals surface area contributed by atoms with E-state index >= 15 is 0 Å². The molecule has 3 heterocycles. The van der Waals surface area contributed by atoms with Gasteiger partial charge in [0.25, 0.3) is 5.56 Å². The Labute approximate surface area is 178 Å². The maximum Gasteiger partial charge on any atom is 0.268 e. The van der Waals surface area contributed by atoms with Crippen LogP contribution < -0.4 is 15.4 Å². The van der Waals surface area contributed by atoms with Crippen molar-refractivity contribution in [3.05, 3.63) is 62.5 Å². The summed E-state index contributed by atoms with van der Waals surface area (Å²) in [5, 5.41) is 10.6. The molecule has 8 heteroatoms. The Kier molecular flexibility index (Phi) is 5.35. The second-order valence-corrected chi connectivity index (χ2v) is 7.95. The van der Waals surface area contributed by atoms with E-state index in [1.807, 2.05) is 30.3 Å². The highest BCUT2D eigenvalue weighted by Gasteiger charge is 2.27. The van der Waals surface area contributed by atoms with E-state index in [1.54, 1.807) is 12.1 Å². The number of nitrogens with one attached hydrogen (secondary N) is 1. The van der Waals surface area contributed by atoms with Gasteiger partial charge < -0.3 is 14.8 Å². The van der Waals surface area contributed by atoms with Crippen LogP contribution in [0.25, 0.3) is 11.0 Å². The van der Waals surface area contributed by atoms with Gasteiger partial charge in [-0.3, -0.25) is 4.79 Å². The smallest absolute Gasteiger partial charge is 0.268 e. The van der Waals surface area contributed by atoms with Crippen LogP contribution >= 0.6 is 23.2 Å². The van der Waals surface area contributed by atoms with Gasteiger partial charge in [-0.05, 0) is 49.2 Å². The van der Waals surface area contributed by atoms with Crippen LogP contribution in [0.5, 0.6) is 0 Å². The topological polar surface area (TPSA) is 76.0 Å². The number of aromatic amines is 1. The van der Waals surface area contributed by atoms with E-state index in [4.69, 9.17) is 23.2 Å². The summed E-state index contributed by atoms with van der Waals surface area (Å²) in [4.78, 5) is 23.9. The zero-order valence-corrected chi connectivity index (χ0v) is 17.3. The minimum atomic E-state index is -0.403. The number of anilines is 2. The van der Waals surface area contributed by atoms with Gasteiger partial charge in [0, 0.05) is 36.9 Å². The number of H-pyrrole nitrogens is 1. The number of nitrogens with zero attached hydrogens (tertiary/aromatic N) is 4. The number of hydrogen-bond donors (Lipinski definition) is 1. The van der Waals surface area contributed by atoms with E-state index in [0.29, 0.717) is 46.0 Å². The van der Waals surface area contributed by atoms with Crippen LogP contribution in [0.15, 0.2) is 41.2 Å². The summed E-state index contributed by atoms with van der Waals surface area (Å²) in [6.07, 6.45) is 1.78. The van der Waals surface area contributed by atoms with E-state index in [-0.39, 0.29) is 5.56 Å². The Morgan fingerprint density at radius 3 is 2.52 bits per heavy atom. The molecule has 1 N–H and O–H groups in total. The molecule has 1 aliphatic heterocycles. The Hall–Kier alpha value is -2.75. The number of aromatic nitrogens is 2. The molecule has 29 heavy (non-hydrogen) atoms. The molecule has 0 atom stereocenters. The van der Waals surface area contributed by atoms with Crippen molar-refractivity contribution in [1.29, 1.82) is 5.26 Å². The molecule has 0 amide bonds. The largest absolute Gasteiger partial charge is 0.371 e. The number of benzene rings is 1. The predicted octanol–water partition coefficient (Wildman–Crippen LogP) is 4.21. The molecular formula is C21H19Cl2N5O. The van der Waals surface area contributed by atoms with Gasteiger partial charge in [0.05, 0.1) is 11.2 Å². The lowest BCUT2D eigenvalue weighted by Gasteiger charge is -2.39. The first-order valence-corrected chi connectivity index (χ1v) is 10.1. The lowest BCUT2D eigenvalue weighted by atomic mass is 10.0. The number of nitriles is 1. The van der Waals surface area contributed by atoms with Crippen molar-refractivity contribution in [3.8, 4) is 6.07 Å². The standard InChI is InChI=1S/C21H19Cl2N5O/c1-27(14-4-2-13(22)3-5-14)15-8-10-28(11-9-15)20-16(12-24)21(29)25-17-6-7-18(23)26-19(17)20/h2-7,15H,8-11H2,1H3,(H,25,29). The van der Waals surface area contributed by atoms with Gasteiger partial charge in [0.2, 0.25) is 0 Å². The molecule has 0 aliphatic carbocycles. The summed E-state index contributed by atoms with van der Waals surface area (Å²) in [6.45, 7) is 1.42. The zero-order valence-electron chi connectivity index (χ0n) is 15.8. The third kappa shape index (κ3) is 3.76. The van der Waals surface area contributed by atoms with Crippen LogP contribution in [0, 0.1) is 11.3 Å². The quantitative estimate of drug-likeness (QED) is 0.633. The maximum atomic E-state index is 12.4. The number of piperidine rings is 1. The summed E-state index contributed by atoms with van der Waals surface area (Å²) in [6, 6.07) is 13.5. The SMILES string of the molecule is CN(c1ccc(Cl)cc1)C1CCN(c2c(C#N)c(=O)[nH]c3ccc(Cl)nc23)CC1. The van der Waals surface area contributed by atoms with Gasteiger partial charge in [-0.2, -0.15) is 5.26 Å². The Morgan fingerprint density at radius 2 is 1.86 bits per heavy atom. The summed E-state index contributed by atoms with van der Waals surface area (Å²) in [5.74, 6) is 0. The average Bonchev–Trinajstić information content (AvgIpc) is 2.73. The second kappa shape index (κ2) is 7.94. The summed E-state index contributed by atoms with van der Waals surface area (Å²) in [5.41, 5.74) is 2.49. The number of rotatable bonds is 3. The number of hydrogen-bond acceptors (Lipinski definition) is 5. The molecule has 4 rings (SSSR count). The van der Waals surface area contributed by atoms with Crippen LogP contribution in [-0.2, 0) is 0 Å². The molecule has 0 unspecified atom stereocenters. The van der Waals surface area contributed by atoms with Gasteiger partial charge in [-0.1, -0.05) is 23.2 Å². The molecular weight excluding hydrogens is 409 g/mol. The van der Waals surface area contributed by atoms with E-state index < -0.39 is 5.56 Å². The maximum absolute atomic E-state index is 12.4. The van der Waals surface area contributed by atoms with Crippen LogP contribution in [0.2, 0.25) is 10.2 Å². The normalized spacial score (nSPS) is 14.8. The summed E-state index contributed by atoms with van der Waals surface area (Å²) < 4.78 is 0. The summed E-state index contributed by atoms with van der Waals surface area (Å²) >= 11 is 12.1. The molecule has 3 aromatic rings. The minimum absolute atomic E-state index is 0.0803. The van der Waals surface area contributed by atoms with Crippen molar-refractivity contribution >= 4 is 45.6 Å². The monoisotopic (exact) mass is 427 g/mol. The molecule has 148 valence electrons. The average molecular weight is 428 g/mol. The van der Waals surface area contributed by atoms with E-state index in [9.17, 15) is 10.1 Å². The van der Waals surface area contributed by atoms with Gasteiger partial charge in [0.1, 0.15) is 22.3 Å². The molecule has 0 saturated carbocycles. The fourth-order valence-electron chi connectivity index (χ4n) is 3.90. The Bertz CT molecular complexity index is 1140. The van der Waals surface area contributed by atoms with Gasteiger partial charge in [0.15, 0.2) is 0 Å². The third-order valence-electron chi connectivity index (χ3n) is 5.47. The minimum Gasteiger partial charge on any atom is -0.371 e. The Balaban J connectivity index is 1.62. The van der Waals surface area contributed by atoms with Gasteiger partial charge in [-0.15, -0.1) is 0 Å². The first kappa shape index (κ1) is 19.6. The number of pyridine rings is 2. The lowest BCUT2D eigenvalue weighted by Crippen LogP contribution is -2.44. The van der Waals surface area contributed by atoms with E-state index in [2.05, 4.69) is 26.8 Å². The van der Waals surface area contributed by atoms with Crippen molar-refractivity contribution in [1.82, 2.24) is 9.97 Å². The third-order valence-corrected chi connectivity index (χ3v) is 5.93. The first-order valence-electron chi connectivity index (χ1n) is 9.34. The molecule has 6 nitrogen and oxygen atoms in total. The van der Waals surface area contributed by atoms with Crippen LogP contribution in [-0.4, -0.2) is 36.1 Å². The van der Waals surface area contributed by atoms with Crippen molar-refractivity contribution < 1.29 is 0 Å². The highest BCUT2D eigenvalue weighted by Crippen LogP contribution is 2.31. The first-order chi connectivity index (χ1) is 14.0. The molecule has 1 aromatic carbocycles. The van der Waals surface area contributed by atoms with Crippen LogP contribution in [0.1, 0.15) is 18.4 Å². The molecule has 0 bridgehead atoms. The Morgan fingerprint density at radius 1 is 1.17 bits per heavy atom. The molecule has 0 spiro atoms. The predicted molar refractivity (Wildman–Crippen MR) is 117 cm³/mol. The van der Waals surface area contributed by atoms with Crippen molar-refractivity contribution in [2.24, 2.45) is 0 Å². The van der Waals surface area contributed by atoms with Crippen LogP contribution in [0.3, 0.4) is 0 Å². The fourth-order valence-corrected chi connectivity index (χ4v) is 4.18. The van der Waals surface area contributed by atoms with Crippen molar-refractivity contribution in [3.63, 3.8) is 0 Å². The van der Waals surface area contributed by atoms with Crippen LogP contribution in [0.4, 0.5) is 11.4 Å². The van der Waals surface area contributed by atoms with E-state index in [0.717, 1.165) is 18.5 Å². The molecule has 1 fully saturated rings. The van der Waals surface area contributed by atoms with Crippen molar-refractivity contribution in [2.45, 2.75) is 18.9 Å². The van der Waals surface area contributed by atoms with Gasteiger partial charge >= 0.3 is 0 Å². The number of fused-ring (bicyclic) bond motifs is 1. The highest BCUT2D eigenvalue weighted by atomic mass is 35.5. The van der Waals surface area contributed by atoms with E-state index in [1.165, 1.54) is 0 Å². The zero-order chi connectivity index (χ0) is 20.5. The summed E-state index contributed by atoms with van der Waals surface area (Å²) in [7, 11) is 2.08. The van der Waals surface area contributed by atoms with Crippen molar-refractivity contribution in [2.75, 3.05) is 29.9 Å².